The zero-order chi connectivity index (χ0) is 27.8. The molecular formula is C30H32F3N5O. The minimum absolute atomic E-state index is 0.0530. The van der Waals surface area contributed by atoms with Gasteiger partial charge in [0.05, 0.1) is 23.4 Å². The zero-order valence-electron chi connectivity index (χ0n) is 22.1. The van der Waals surface area contributed by atoms with E-state index in [1.54, 1.807) is 6.20 Å². The molecule has 0 bridgehead atoms. The number of nitrogens with two attached hydrogens (primary N) is 1. The number of benzene rings is 2. The first-order chi connectivity index (χ1) is 18.7. The molecule has 0 saturated carbocycles. The molecule has 3 heterocycles. The van der Waals surface area contributed by atoms with Crippen LogP contribution in [0.1, 0.15) is 43.4 Å². The number of anilines is 2. The Labute approximate surface area is 226 Å². The number of rotatable bonds is 6. The molecule has 2 aliphatic rings. The van der Waals surface area contributed by atoms with Crippen molar-refractivity contribution in [2.45, 2.75) is 44.3 Å². The molecule has 1 atom stereocenters. The van der Waals surface area contributed by atoms with Crippen molar-refractivity contribution in [3.8, 4) is 23.1 Å². The SMILES string of the molecule is CCOc1ncccc1-c1ccc2c(c1)N([C@H](C)CN)CC21CCN(c2ccc(C(F)(F)F)cc2C#N)CC1. The summed E-state index contributed by atoms with van der Waals surface area (Å²) in [5.74, 6) is 0.601. The van der Waals surface area contributed by atoms with Gasteiger partial charge in [0.2, 0.25) is 5.88 Å². The number of piperidine rings is 1. The van der Waals surface area contributed by atoms with E-state index in [4.69, 9.17) is 10.5 Å². The third-order valence-corrected chi connectivity index (χ3v) is 8.09. The molecule has 1 aromatic heterocycles. The van der Waals surface area contributed by atoms with Gasteiger partial charge in [-0.15, -0.1) is 0 Å². The molecule has 5 rings (SSSR count). The highest BCUT2D eigenvalue weighted by Gasteiger charge is 2.46. The van der Waals surface area contributed by atoms with E-state index in [9.17, 15) is 18.4 Å². The lowest BCUT2D eigenvalue weighted by Gasteiger charge is -2.41. The van der Waals surface area contributed by atoms with Gasteiger partial charge in [0, 0.05) is 55.1 Å². The highest BCUT2D eigenvalue weighted by molar-refractivity contribution is 5.77. The predicted molar refractivity (Wildman–Crippen MR) is 146 cm³/mol. The van der Waals surface area contributed by atoms with Crippen molar-refractivity contribution in [2.75, 3.05) is 42.6 Å². The Morgan fingerprint density at radius 3 is 2.56 bits per heavy atom. The minimum Gasteiger partial charge on any atom is -0.478 e. The Balaban J connectivity index is 1.46. The van der Waals surface area contributed by atoms with Gasteiger partial charge in [-0.3, -0.25) is 0 Å². The van der Waals surface area contributed by atoms with Gasteiger partial charge in [0.1, 0.15) is 6.07 Å². The number of nitrogens with zero attached hydrogens (tertiary/aromatic N) is 4. The van der Waals surface area contributed by atoms with Crippen molar-refractivity contribution in [1.29, 1.82) is 5.26 Å². The molecule has 3 aromatic rings. The van der Waals surface area contributed by atoms with Gasteiger partial charge in [-0.1, -0.05) is 12.1 Å². The third-order valence-electron chi connectivity index (χ3n) is 8.09. The van der Waals surface area contributed by atoms with Gasteiger partial charge in [-0.05, 0) is 74.2 Å². The number of hydrogen-bond donors (Lipinski definition) is 1. The number of aromatic nitrogens is 1. The van der Waals surface area contributed by atoms with Gasteiger partial charge in [-0.2, -0.15) is 18.4 Å². The molecule has 1 saturated heterocycles. The van der Waals surface area contributed by atoms with E-state index in [1.807, 2.05) is 30.0 Å². The molecular weight excluding hydrogens is 503 g/mol. The van der Waals surface area contributed by atoms with Gasteiger partial charge in [-0.25, -0.2) is 4.98 Å². The number of pyridine rings is 1. The van der Waals surface area contributed by atoms with E-state index in [0.717, 1.165) is 48.3 Å². The molecule has 39 heavy (non-hydrogen) atoms. The molecule has 2 aromatic carbocycles. The summed E-state index contributed by atoms with van der Waals surface area (Å²) in [6, 6.07) is 16.0. The Morgan fingerprint density at radius 2 is 1.90 bits per heavy atom. The van der Waals surface area contributed by atoms with Crippen LogP contribution in [-0.4, -0.2) is 43.8 Å². The van der Waals surface area contributed by atoms with Crippen molar-refractivity contribution >= 4 is 11.4 Å². The molecule has 0 unspecified atom stereocenters. The summed E-state index contributed by atoms with van der Waals surface area (Å²) < 4.78 is 45.4. The van der Waals surface area contributed by atoms with Gasteiger partial charge < -0.3 is 20.3 Å². The molecule has 0 aliphatic carbocycles. The molecule has 6 nitrogen and oxygen atoms in total. The topological polar surface area (TPSA) is 78.4 Å². The van der Waals surface area contributed by atoms with E-state index in [2.05, 4.69) is 35.0 Å². The fourth-order valence-electron chi connectivity index (χ4n) is 5.95. The first-order valence-electron chi connectivity index (χ1n) is 13.3. The van der Waals surface area contributed by atoms with Crippen molar-refractivity contribution < 1.29 is 17.9 Å². The van der Waals surface area contributed by atoms with Crippen LogP contribution in [-0.2, 0) is 11.6 Å². The van der Waals surface area contributed by atoms with Crippen molar-refractivity contribution in [2.24, 2.45) is 5.73 Å². The third kappa shape index (κ3) is 4.89. The number of nitriles is 1. The lowest BCUT2D eigenvalue weighted by Crippen LogP contribution is -2.47. The number of hydrogen-bond acceptors (Lipinski definition) is 6. The number of alkyl halides is 3. The Kier molecular flexibility index (Phi) is 7.17. The lowest BCUT2D eigenvalue weighted by atomic mass is 9.74. The van der Waals surface area contributed by atoms with Crippen LogP contribution >= 0.6 is 0 Å². The second-order valence-electron chi connectivity index (χ2n) is 10.3. The van der Waals surface area contributed by atoms with Gasteiger partial charge in [0.15, 0.2) is 0 Å². The fraction of sp³-hybridized carbons (Fsp3) is 0.400. The molecule has 0 radical (unpaired) electrons. The van der Waals surface area contributed by atoms with Gasteiger partial charge >= 0.3 is 6.18 Å². The van der Waals surface area contributed by atoms with Crippen LogP contribution in [0.2, 0.25) is 0 Å². The Morgan fingerprint density at radius 1 is 1.13 bits per heavy atom. The number of ether oxygens (including phenoxy) is 1. The van der Waals surface area contributed by atoms with Crippen molar-refractivity contribution in [1.82, 2.24) is 4.98 Å². The standard InChI is InChI=1S/C30H32F3N5O/c1-3-39-28-24(5-4-12-36-28)21-6-8-25-27(16-21)38(20(2)17-34)19-29(25)10-13-37(14-11-29)26-9-7-23(30(31,32)33)15-22(26)18-35/h4-9,12,15-16,20H,3,10-11,13-14,17,19,34H2,1-2H3/t20-/m1/s1. The lowest BCUT2D eigenvalue weighted by molar-refractivity contribution is -0.137. The summed E-state index contributed by atoms with van der Waals surface area (Å²) in [6.45, 7) is 7.21. The monoisotopic (exact) mass is 535 g/mol. The summed E-state index contributed by atoms with van der Waals surface area (Å²) >= 11 is 0. The van der Waals surface area contributed by atoms with Crippen LogP contribution in [0.15, 0.2) is 54.7 Å². The summed E-state index contributed by atoms with van der Waals surface area (Å²) in [4.78, 5) is 8.83. The average molecular weight is 536 g/mol. The van der Waals surface area contributed by atoms with Crippen molar-refractivity contribution in [3.05, 3.63) is 71.4 Å². The summed E-state index contributed by atoms with van der Waals surface area (Å²) in [5.41, 5.74) is 10.2. The molecule has 9 heteroatoms. The number of halogens is 3. The summed E-state index contributed by atoms with van der Waals surface area (Å²) in [6.07, 6.45) is -1.13. The van der Waals surface area contributed by atoms with Crippen LogP contribution in [0.5, 0.6) is 5.88 Å². The predicted octanol–water partition coefficient (Wildman–Crippen LogP) is 5.74. The summed E-state index contributed by atoms with van der Waals surface area (Å²) in [5, 5.41) is 9.59. The van der Waals surface area contributed by atoms with Crippen LogP contribution in [0.4, 0.5) is 24.5 Å². The molecule has 1 fully saturated rings. The highest BCUT2D eigenvalue weighted by Crippen LogP contribution is 2.50. The molecule has 2 N–H and O–H groups in total. The maximum atomic E-state index is 13.2. The molecule has 2 aliphatic heterocycles. The minimum atomic E-state index is -4.48. The second-order valence-corrected chi connectivity index (χ2v) is 10.3. The van der Waals surface area contributed by atoms with Gasteiger partial charge in [0.25, 0.3) is 0 Å². The molecule has 1 spiro atoms. The van der Waals surface area contributed by atoms with Crippen LogP contribution in [0.3, 0.4) is 0 Å². The maximum absolute atomic E-state index is 13.2. The Bertz CT molecular complexity index is 1390. The maximum Gasteiger partial charge on any atom is 0.416 e. The quantitative estimate of drug-likeness (QED) is 0.434. The smallest absolute Gasteiger partial charge is 0.416 e. The fourth-order valence-corrected chi connectivity index (χ4v) is 5.95. The van der Waals surface area contributed by atoms with Crippen LogP contribution in [0, 0.1) is 11.3 Å². The van der Waals surface area contributed by atoms with Crippen molar-refractivity contribution in [3.63, 3.8) is 0 Å². The van der Waals surface area contributed by atoms with E-state index in [1.165, 1.54) is 11.6 Å². The van der Waals surface area contributed by atoms with Crippen LogP contribution < -0.4 is 20.3 Å². The highest BCUT2D eigenvalue weighted by atomic mass is 19.4. The average Bonchev–Trinajstić information content (AvgIpc) is 3.25. The van der Waals surface area contributed by atoms with E-state index in [0.29, 0.717) is 37.8 Å². The normalized spacial score (nSPS) is 17.2. The van der Waals surface area contributed by atoms with Crippen LogP contribution in [0.25, 0.3) is 11.1 Å². The molecule has 0 amide bonds. The number of fused-ring (bicyclic) bond motifs is 2. The van der Waals surface area contributed by atoms with E-state index >= 15 is 0 Å². The Hall–Kier alpha value is -3.77. The largest absolute Gasteiger partial charge is 0.478 e. The van der Waals surface area contributed by atoms with E-state index < -0.39 is 11.7 Å². The second kappa shape index (κ2) is 10.4. The van der Waals surface area contributed by atoms with E-state index in [-0.39, 0.29) is 17.0 Å². The zero-order valence-corrected chi connectivity index (χ0v) is 22.1. The molecule has 204 valence electrons. The first kappa shape index (κ1) is 26.8. The summed E-state index contributed by atoms with van der Waals surface area (Å²) in [7, 11) is 0. The first-order valence-corrected chi connectivity index (χ1v) is 13.3.